The lowest BCUT2D eigenvalue weighted by atomic mass is 9.97. The minimum Gasteiger partial charge on any atom is -0.388 e. The number of nitrogens with one attached hydrogen (secondary N) is 1. The Kier molecular flexibility index (Phi) is 6.34. The molecule has 1 fully saturated rings. The van der Waals surface area contributed by atoms with Crippen molar-refractivity contribution in [1.82, 2.24) is 24.0 Å². The van der Waals surface area contributed by atoms with E-state index in [-0.39, 0.29) is 36.3 Å². The molecule has 34 heavy (non-hydrogen) atoms. The van der Waals surface area contributed by atoms with Crippen LogP contribution in [-0.2, 0) is 36.6 Å². The molecule has 2 aromatic heterocycles. The zero-order valence-electron chi connectivity index (χ0n) is 18.3. The number of amides is 1. The number of benzene rings is 1. The first-order valence-electron chi connectivity index (χ1n) is 10.4. The van der Waals surface area contributed by atoms with Gasteiger partial charge in [0, 0.05) is 14.1 Å². The quantitative estimate of drug-likeness (QED) is 0.407. The lowest BCUT2D eigenvalue weighted by Gasteiger charge is -2.38. The van der Waals surface area contributed by atoms with Crippen LogP contribution >= 0.6 is 0 Å². The van der Waals surface area contributed by atoms with Crippen LogP contribution in [-0.4, -0.2) is 65.8 Å². The van der Waals surface area contributed by atoms with Gasteiger partial charge < -0.3 is 24.8 Å². The zero-order valence-corrected chi connectivity index (χ0v) is 18.3. The summed E-state index contributed by atoms with van der Waals surface area (Å²) in [7, 11) is 2.82. The number of imidazole rings is 1. The summed E-state index contributed by atoms with van der Waals surface area (Å²) >= 11 is 0. The van der Waals surface area contributed by atoms with E-state index in [4.69, 9.17) is 4.74 Å². The number of hydrogen-bond donors (Lipinski definition) is 3. The molecule has 1 saturated heterocycles. The summed E-state index contributed by atoms with van der Waals surface area (Å²) in [6.07, 6.45) is -2.65. The molecule has 0 unspecified atom stereocenters. The average Bonchev–Trinajstić information content (AvgIpc) is 3.22. The van der Waals surface area contributed by atoms with E-state index >= 15 is 0 Å². The fourth-order valence-electron chi connectivity index (χ4n) is 4.03. The van der Waals surface area contributed by atoms with Gasteiger partial charge in [-0.2, -0.15) is 0 Å². The Balaban J connectivity index is 1.44. The van der Waals surface area contributed by atoms with Gasteiger partial charge in [-0.25, -0.2) is 18.6 Å². The van der Waals surface area contributed by atoms with Crippen molar-refractivity contribution in [3.63, 3.8) is 0 Å². The van der Waals surface area contributed by atoms with E-state index in [0.29, 0.717) is 0 Å². The largest absolute Gasteiger partial charge is 0.388 e. The molecule has 0 radical (unpaired) electrons. The molecule has 0 bridgehead atoms. The van der Waals surface area contributed by atoms with Crippen molar-refractivity contribution in [2.45, 2.75) is 37.3 Å². The second kappa shape index (κ2) is 9.08. The molecule has 13 heteroatoms. The summed E-state index contributed by atoms with van der Waals surface area (Å²) in [6.45, 7) is -0.162. The van der Waals surface area contributed by atoms with E-state index in [1.165, 1.54) is 35.6 Å². The predicted octanol–water partition coefficient (Wildman–Crippen LogP) is -1.44. The number of carbonyl (C=O) groups excluding carboxylic acids is 1. The first-order chi connectivity index (χ1) is 16.1. The molecule has 3 aromatic rings. The molecular formula is C21H23F2N5O6. The maximum atomic E-state index is 13.3. The van der Waals surface area contributed by atoms with Crippen molar-refractivity contribution in [1.29, 1.82) is 0 Å². The van der Waals surface area contributed by atoms with E-state index < -0.39 is 53.1 Å². The van der Waals surface area contributed by atoms with Gasteiger partial charge in [-0.15, -0.1) is 0 Å². The van der Waals surface area contributed by atoms with Gasteiger partial charge in [0.05, 0.1) is 31.9 Å². The number of rotatable bonds is 5. The van der Waals surface area contributed by atoms with Gasteiger partial charge in [-0.05, 0) is 17.7 Å². The number of aliphatic hydroxyl groups is 2. The molecular weight excluding hydrogens is 456 g/mol. The molecule has 3 N–H and O–H groups in total. The Morgan fingerprint density at radius 3 is 2.62 bits per heavy atom. The van der Waals surface area contributed by atoms with Gasteiger partial charge in [0.25, 0.3) is 5.56 Å². The Morgan fingerprint density at radius 1 is 1.18 bits per heavy atom. The molecule has 11 nitrogen and oxygen atoms in total. The van der Waals surface area contributed by atoms with E-state index in [0.717, 1.165) is 16.7 Å². The molecule has 182 valence electrons. The fraction of sp³-hybridized carbons (Fsp3) is 0.429. The number of aliphatic hydroxyl groups excluding tert-OH is 2. The van der Waals surface area contributed by atoms with Crippen LogP contribution in [0.5, 0.6) is 0 Å². The second-order valence-electron chi connectivity index (χ2n) is 8.23. The highest BCUT2D eigenvalue weighted by Gasteiger charge is 2.39. The van der Waals surface area contributed by atoms with Crippen LogP contribution in [0.25, 0.3) is 11.2 Å². The maximum Gasteiger partial charge on any atom is 0.332 e. The predicted molar refractivity (Wildman–Crippen MR) is 114 cm³/mol. The van der Waals surface area contributed by atoms with Gasteiger partial charge in [0.15, 0.2) is 17.2 Å². The number of aryl methyl sites for hydroxylation is 1. The van der Waals surface area contributed by atoms with E-state index in [9.17, 15) is 33.4 Å². The third-order valence-electron chi connectivity index (χ3n) is 5.91. The molecule has 0 aliphatic carbocycles. The minimum atomic E-state index is -1.41. The van der Waals surface area contributed by atoms with E-state index in [1.807, 2.05) is 0 Å². The van der Waals surface area contributed by atoms with Crippen LogP contribution < -0.4 is 16.6 Å². The van der Waals surface area contributed by atoms with Crippen molar-refractivity contribution in [3.8, 4) is 0 Å². The monoisotopic (exact) mass is 479 g/mol. The molecule has 1 aromatic carbocycles. The molecule has 4 atom stereocenters. The van der Waals surface area contributed by atoms with Crippen molar-refractivity contribution >= 4 is 17.1 Å². The van der Waals surface area contributed by atoms with Crippen LogP contribution in [0, 0.1) is 11.6 Å². The molecule has 1 amide bonds. The van der Waals surface area contributed by atoms with Crippen LogP contribution in [0.1, 0.15) is 5.56 Å². The summed E-state index contributed by atoms with van der Waals surface area (Å²) in [5.41, 5.74) is -0.568. The lowest BCUT2D eigenvalue weighted by Crippen LogP contribution is -2.60. The Bertz CT molecular complexity index is 1370. The number of nitrogens with zero attached hydrogens (tertiary/aromatic N) is 4. The first kappa shape index (κ1) is 23.7. The number of ether oxygens (including phenoxy) is 1. The standard InChI is InChI=1S/C21H23F2N5O6/c1-26-19-16(20(32)27(2)21(26)33)24-9-28(19)7-14-18(31)17(30)13(8-34-14)25-15(29)6-10-3-4-11(22)12(23)5-10/h3-5,9,13-14,17-18,30-31H,6-8H2,1-2H3,(H,25,29)/t13-,14-,17+,18-/m1/s1. The Hall–Kier alpha value is -3.42. The summed E-state index contributed by atoms with van der Waals surface area (Å²) in [6, 6.07) is 2.15. The van der Waals surface area contributed by atoms with Crippen LogP contribution in [0.2, 0.25) is 0 Å². The third-order valence-corrected chi connectivity index (χ3v) is 5.91. The number of halogens is 2. The van der Waals surface area contributed by atoms with Crippen LogP contribution in [0.4, 0.5) is 8.78 Å². The normalized spacial score (nSPS) is 22.8. The SMILES string of the molecule is Cn1c(=O)c2ncn(C[C@H]3OC[C@@H](NC(=O)Cc4ccc(F)c(F)c4)[C@H](O)[C@@H]3O)c2n(C)c1=O. The van der Waals surface area contributed by atoms with E-state index in [2.05, 4.69) is 10.3 Å². The van der Waals surface area contributed by atoms with E-state index in [1.54, 1.807) is 0 Å². The highest BCUT2D eigenvalue weighted by Crippen LogP contribution is 2.19. The number of hydrogen-bond acceptors (Lipinski definition) is 7. The van der Waals surface area contributed by atoms with Crippen molar-refractivity contribution in [2.75, 3.05) is 6.61 Å². The van der Waals surface area contributed by atoms with Crippen molar-refractivity contribution < 1.29 is 28.5 Å². The van der Waals surface area contributed by atoms with Crippen LogP contribution in [0.3, 0.4) is 0 Å². The van der Waals surface area contributed by atoms with Crippen LogP contribution in [0.15, 0.2) is 34.1 Å². The van der Waals surface area contributed by atoms with Crippen molar-refractivity contribution in [2.24, 2.45) is 14.1 Å². The summed E-state index contributed by atoms with van der Waals surface area (Å²) < 4.78 is 35.7. The number of carbonyl (C=O) groups is 1. The van der Waals surface area contributed by atoms with Gasteiger partial charge in [-0.3, -0.25) is 18.7 Å². The lowest BCUT2D eigenvalue weighted by molar-refractivity contribution is -0.158. The van der Waals surface area contributed by atoms with Gasteiger partial charge in [0.1, 0.15) is 24.0 Å². The fourth-order valence-corrected chi connectivity index (χ4v) is 4.03. The third kappa shape index (κ3) is 4.24. The highest BCUT2D eigenvalue weighted by molar-refractivity contribution is 5.79. The van der Waals surface area contributed by atoms with Gasteiger partial charge >= 0.3 is 5.69 Å². The Morgan fingerprint density at radius 2 is 1.91 bits per heavy atom. The zero-order chi connectivity index (χ0) is 24.7. The first-order valence-corrected chi connectivity index (χ1v) is 10.4. The maximum absolute atomic E-state index is 13.3. The average molecular weight is 479 g/mol. The molecule has 0 spiro atoms. The summed E-state index contributed by atoms with van der Waals surface area (Å²) in [5.74, 6) is -2.68. The summed E-state index contributed by atoms with van der Waals surface area (Å²) in [4.78, 5) is 40.9. The number of aromatic nitrogens is 4. The number of fused-ring (bicyclic) bond motifs is 1. The van der Waals surface area contributed by atoms with Gasteiger partial charge in [0.2, 0.25) is 5.91 Å². The molecule has 1 aliphatic heterocycles. The van der Waals surface area contributed by atoms with Gasteiger partial charge in [-0.1, -0.05) is 6.07 Å². The molecule has 1 aliphatic rings. The molecule has 4 rings (SSSR count). The summed E-state index contributed by atoms with van der Waals surface area (Å²) in [5, 5.41) is 23.6. The highest BCUT2D eigenvalue weighted by atomic mass is 19.2. The minimum absolute atomic E-state index is 0.0231. The Labute approximate surface area is 190 Å². The topological polar surface area (TPSA) is 141 Å². The molecule has 3 heterocycles. The second-order valence-corrected chi connectivity index (χ2v) is 8.23. The molecule has 0 saturated carbocycles. The smallest absolute Gasteiger partial charge is 0.332 e. The van der Waals surface area contributed by atoms with Crippen molar-refractivity contribution in [3.05, 3.63) is 62.6 Å².